The van der Waals surface area contributed by atoms with Crippen molar-refractivity contribution in [1.82, 2.24) is 4.90 Å². The van der Waals surface area contributed by atoms with Gasteiger partial charge in [-0.3, -0.25) is 4.90 Å². The largest absolute Gasteiger partial charge is 0.298 e. The first-order chi connectivity index (χ1) is 12.3. The fraction of sp³-hybridized carbons (Fsp3) is 0.333. The zero-order chi connectivity index (χ0) is 20.5. The second-order valence-corrected chi connectivity index (χ2v) is 6.12. The maximum atomic E-state index is 8.58. The Labute approximate surface area is 141 Å². The van der Waals surface area contributed by atoms with Crippen LogP contribution < -0.4 is 0 Å². The summed E-state index contributed by atoms with van der Waals surface area (Å²) in [6.45, 7) is 1.45. The Morgan fingerprint density at radius 3 is 2.68 bits per heavy atom. The summed E-state index contributed by atoms with van der Waals surface area (Å²) in [5.74, 6) is 5.54. The van der Waals surface area contributed by atoms with E-state index in [-0.39, 0.29) is 11.5 Å². The minimum atomic E-state index is -2.19. The Bertz CT molecular complexity index is 908. The van der Waals surface area contributed by atoms with Gasteiger partial charge in [-0.1, -0.05) is 60.4 Å². The Hall–Kier alpha value is -2.04. The van der Waals surface area contributed by atoms with Gasteiger partial charge in [-0.2, -0.15) is 0 Å². The summed E-state index contributed by atoms with van der Waals surface area (Å²) >= 11 is 0. The lowest BCUT2D eigenvalue weighted by molar-refractivity contribution is 0.365. The van der Waals surface area contributed by atoms with Crippen molar-refractivity contribution in [2.75, 3.05) is 13.5 Å². The molecular formula is C21H25N. The molecule has 0 aliphatic rings. The van der Waals surface area contributed by atoms with Gasteiger partial charge in [0.05, 0.1) is 1.37 Å². The van der Waals surface area contributed by atoms with Crippen molar-refractivity contribution in [3.63, 3.8) is 0 Å². The van der Waals surface area contributed by atoms with Crippen molar-refractivity contribution in [3.05, 3.63) is 60.2 Å². The van der Waals surface area contributed by atoms with E-state index in [9.17, 15) is 0 Å². The van der Waals surface area contributed by atoms with Gasteiger partial charge in [-0.05, 0) is 50.2 Å². The lowest BCUT2D eigenvalue weighted by atomic mass is 9.98. The highest BCUT2D eigenvalue weighted by Crippen LogP contribution is 2.19. The van der Waals surface area contributed by atoms with Crippen LogP contribution in [0.5, 0.6) is 0 Å². The van der Waals surface area contributed by atoms with Crippen molar-refractivity contribution in [3.8, 4) is 11.8 Å². The van der Waals surface area contributed by atoms with E-state index in [0.717, 1.165) is 21.7 Å². The summed E-state index contributed by atoms with van der Waals surface area (Å²) in [6, 6.07) is 12.6. The molecule has 0 fully saturated rings. The first-order valence-electron chi connectivity index (χ1n) is 9.79. The third kappa shape index (κ3) is 5.06. The lowest BCUT2D eigenvalue weighted by Gasteiger charge is -2.15. The van der Waals surface area contributed by atoms with Gasteiger partial charge in [-0.25, -0.2) is 0 Å². The first kappa shape index (κ1) is 10.6. The van der Waals surface area contributed by atoms with Crippen LogP contribution in [0.3, 0.4) is 0 Å². The highest BCUT2D eigenvalue weighted by atomic mass is 15.1. The molecule has 0 atom stereocenters. The number of benzene rings is 2. The smallest absolute Gasteiger partial charge is 0.0717 e. The summed E-state index contributed by atoms with van der Waals surface area (Å²) in [5, 5.41) is 1.62. The average molecular weight is 296 g/mol. The Balaban J connectivity index is 2.43. The number of fused-ring (bicyclic) bond motifs is 1. The van der Waals surface area contributed by atoms with Gasteiger partial charge in [0.25, 0.3) is 0 Å². The first-order valence-corrected chi connectivity index (χ1v) is 7.29. The molecule has 0 aliphatic heterocycles. The van der Waals surface area contributed by atoms with Gasteiger partial charge in [0.15, 0.2) is 0 Å². The Kier molecular flexibility index (Phi) is 3.53. The molecular weight excluding hydrogens is 266 g/mol. The molecule has 114 valence electrons. The molecule has 0 aliphatic carbocycles. The number of allylic oxidation sites excluding steroid dienone is 1. The highest BCUT2D eigenvalue weighted by Gasteiger charge is 2.03. The van der Waals surface area contributed by atoms with Crippen molar-refractivity contribution < 1.29 is 6.85 Å². The van der Waals surface area contributed by atoms with Crippen LogP contribution in [0.1, 0.15) is 33.2 Å². The van der Waals surface area contributed by atoms with Gasteiger partial charge in [0, 0.05) is 23.9 Å². The van der Waals surface area contributed by atoms with E-state index < -0.39 is 13.0 Å². The summed E-state index contributed by atoms with van der Waals surface area (Å²) in [6.07, 6.45) is 1.05. The third-order valence-electron chi connectivity index (χ3n) is 2.92. The Morgan fingerprint density at radius 2 is 1.91 bits per heavy atom. The number of rotatable bonds is 4. The van der Waals surface area contributed by atoms with Crippen LogP contribution in [0.4, 0.5) is 0 Å². The standard InChI is InChI=1S/C21H25N/c1-21(2,3)15-8-5-9-16-22(4)17-19-13-10-12-18-11-6-7-14-20(18)19/h5-7,9-14H,16-17H2,1-4H3/b9-5+/i5D,16D2,17D2. The van der Waals surface area contributed by atoms with Crippen LogP contribution in [0.25, 0.3) is 10.8 Å². The van der Waals surface area contributed by atoms with Crippen LogP contribution in [-0.2, 0) is 6.50 Å². The van der Waals surface area contributed by atoms with E-state index in [2.05, 4.69) is 11.8 Å². The molecule has 0 aromatic heterocycles. The van der Waals surface area contributed by atoms with E-state index in [1.165, 1.54) is 7.05 Å². The molecule has 0 unspecified atom stereocenters. The molecule has 0 saturated carbocycles. The SMILES string of the molecule is [2H]/C(C#CC(C)(C)C)=C\C([2H])([2H])N(C)C([2H])([2H])c1cccc2ccccc12. The summed E-state index contributed by atoms with van der Waals surface area (Å²) in [7, 11) is 1.38. The lowest BCUT2D eigenvalue weighted by Crippen LogP contribution is -2.17. The second kappa shape index (κ2) is 7.29. The molecule has 0 N–H and O–H groups in total. The monoisotopic (exact) mass is 296 g/mol. The molecule has 2 aromatic carbocycles. The van der Waals surface area contributed by atoms with Crippen molar-refractivity contribution >= 4 is 10.8 Å². The van der Waals surface area contributed by atoms with E-state index >= 15 is 0 Å². The quantitative estimate of drug-likeness (QED) is 0.727. The Morgan fingerprint density at radius 1 is 1.18 bits per heavy atom. The van der Waals surface area contributed by atoms with Gasteiger partial charge >= 0.3 is 0 Å². The summed E-state index contributed by atoms with van der Waals surface area (Å²) < 4.78 is 41.7. The predicted molar refractivity (Wildman–Crippen MR) is 96.7 cm³/mol. The van der Waals surface area contributed by atoms with E-state index in [0.29, 0.717) is 5.56 Å². The molecule has 0 saturated heterocycles. The highest BCUT2D eigenvalue weighted by molar-refractivity contribution is 5.85. The van der Waals surface area contributed by atoms with E-state index in [1.54, 1.807) is 12.1 Å². The van der Waals surface area contributed by atoms with E-state index in [1.807, 2.05) is 51.1 Å². The normalized spacial score (nSPS) is 17.0. The molecule has 1 heteroatoms. The molecule has 0 amide bonds. The molecule has 2 rings (SSSR count). The summed E-state index contributed by atoms with van der Waals surface area (Å²) in [5.41, 5.74) is 0.0868. The molecule has 0 radical (unpaired) electrons. The molecule has 22 heavy (non-hydrogen) atoms. The van der Waals surface area contributed by atoms with Gasteiger partial charge in [-0.15, -0.1) is 0 Å². The maximum absolute atomic E-state index is 8.58. The fourth-order valence-electron chi connectivity index (χ4n) is 1.92. The fourth-order valence-corrected chi connectivity index (χ4v) is 1.92. The van der Waals surface area contributed by atoms with Crippen molar-refractivity contribution in [2.24, 2.45) is 5.41 Å². The third-order valence-corrected chi connectivity index (χ3v) is 2.92. The molecule has 1 nitrogen and oxygen atoms in total. The number of hydrogen-bond acceptors (Lipinski definition) is 1. The average Bonchev–Trinajstić information content (AvgIpc) is 2.57. The van der Waals surface area contributed by atoms with Crippen LogP contribution in [0, 0.1) is 17.3 Å². The second-order valence-electron chi connectivity index (χ2n) is 6.12. The van der Waals surface area contributed by atoms with Crippen LogP contribution in [-0.4, -0.2) is 18.4 Å². The maximum Gasteiger partial charge on any atom is 0.0717 e. The van der Waals surface area contributed by atoms with Gasteiger partial charge in [0.2, 0.25) is 0 Å². The zero-order valence-corrected chi connectivity index (χ0v) is 13.6. The number of nitrogens with zero attached hydrogens (tertiary/aromatic N) is 1. The van der Waals surface area contributed by atoms with Gasteiger partial charge < -0.3 is 0 Å². The molecule has 0 heterocycles. The summed E-state index contributed by atoms with van der Waals surface area (Å²) in [4.78, 5) is 0.995. The topological polar surface area (TPSA) is 3.24 Å². The van der Waals surface area contributed by atoms with Crippen LogP contribution in [0.2, 0.25) is 0 Å². The predicted octanol–water partition coefficient (Wildman–Crippen LogP) is 4.88. The number of likely N-dealkylation sites (N-methyl/N-ethyl adjacent to an activating group) is 1. The van der Waals surface area contributed by atoms with Crippen LogP contribution in [0.15, 0.2) is 54.6 Å². The van der Waals surface area contributed by atoms with Gasteiger partial charge in [0.1, 0.15) is 0 Å². The molecule has 2 aromatic rings. The number of hydrogen-bond donors (Lipinski definition) is 0. The zero-order valence-electron chi connectivity index (χ0n) is 18.6. The minimum absolute atomic E-state index is 0.171. The molecule has 0 spiro atoms. The van der Waals surface area contributed by atoms with E-state index in [4.69, 9.17) is 6.85 Å². The van der Waals surface area contributed by atoms with Crippen LogP contribution >= 0.6 is 0 Å². The van der Waals surface area contributed by atoms with Crippen molar-refractivity contribution in [1.29, 1.82) is 0 Å². The minimum Gasteiger partial charge on any atom is -0.298 e. The van der Waals surface area contributed by atoms with Crippen molar-refractivity contribution in [2.45, 2.75) is 27.3 Å². The molecule has 0 bridgehead atoms.